The van der Waals surface area contributed by atoms with E-state index in [0.29, 0.717) is 25.2 Å². The number of hydrogen-bond donors (Lipinski definition) is 1. The average Bonchev–Trinajstić information content (AvgIpc) is 2.88. The molecule has 0 radical (unpaired) electrons. The highest BCUT2D eigenvalue weighted by atomic mass is 32.2. The van der Waals surface area contributed by atoms with E-state index < -0.39 is 0 Å². The van der Waals surface area contributed by atoms with E-state index in [4.69, 9.17) is 9.47 Å². The molecule has 4 rings (SSSR count). The van der Waals surface area contributed by atoms with Gasteiger partial charge in [0.25, 0.3) is 5.91 Å². The highest BCUT2D eigenvalue weighted by molar-refractivity contribution is 7.99. The molecule has 0 aromatic heterocycles. The van der Waals surface area contributed by atoms with Crippen LogP contribution >= 0.6 is 11.8 Å². The normalized spacial score (nSPS) is 17.7. The standard InChI is InChI=1S/C27H33N3O4S/c1-33-12-13-34-26(31)17-21-4-7-24-18-25(9-8-23(24)16-21)29-27(32)22-5-2-20(3-6-22)19-28-30-10-14-35-15-11-30/h2-3,5-6,8-9,18-19,21H,4,7,10-17H2,1H3,(H,29,32)/b28-19+. The number of benzene rings is 2. The summed E-state index contributed by atoms with van der Waals surface area (Å²) in [5.41, 5.74) is 4.85. The third kappa shape index (κ3) is 7.57. The Bertz CT molecular complexity index is 1040. The van der Waals surface area contributed by atoms with Gasteiger partial charge in [0.2, 0.25) is 0 Å². The molecule has 1 atom stereocenters. The molecule has 8 heteroatoms. The molecule has 2 aromatic carbocycles. The summed E-state index contributed by atoms with van der Waals surface area (Å²) in [6.07, 6.45) is 4.96. The Morgan fingerprint density at radius 2 is 1.91 bits per heavy atom. The zero-order chi connectivity index (χ0) is 24.5. The Balaban J connectivity index is 1.28. The van der Waals surface area contributed by atoms with Gasteiger partial charge in [0.1, 0.15) is 6.61 Å². The van der Waals surface area contributed by atoms with Crippen LogP contribution < -0.4 is 5.32 Å². The molecule has 1 amide bonds. The van der Waals surface area contributed by atoms with E-state index in [1.54, 1.807) is 7.11 Å². The van der Waals surface area contributed by atoms with E-state index >= 15 is 0 Å². The number of hydrazone groups is 1. The fourth-order valence-electron chi connectivity index (χ4n) is 4.36. The van der Waals surface area contributed by atoms with Gasteiger partial charge in [-0.3, -0.25) is 14.6 Å². The number of carbonyl (C=O) groups excluding carboxylic acids is 2. The summed E-state index contributed by atoms with van der Waals surface area (Å²) in [7, 11) is 1.59. The van der Waals surface area contributed by atoms with Crippen molar-refractivity contribution >= 4 is 35.5 Å². The minimum atomic E-state index is -0.165. The number of carbonyl (C=O) groups is 2. The summed E-state index contributed by atoms with van der Waals surface area (Å²) in [5, 5.41) is 9.64. The second-order valence-corrected chi connectivity index (χ2v) is 10.1. The van der Waals surface area contributed by atoms with Crippen LogP contribution in [0, 0.1) is 5.92 Å². The van der Waals surface area contributed by atoms with Crippen LogP contribution in [-0.2, 0) is 27.1 Å². The predicted octanol–water partition coefficient (Wildman–Crippen LogP) is 4.01. The lowest BCUT2D eigenvalue weighted by molar-refractivity contribution is -0.146. The summed E-state index contributed by atoms with van der Waals surface area (Å²) in [6.45, 7) is 2.68. The smallest absolute Gasteiger partial charge is 0.306 e. The third-order valence-corrected chi connectivity index (χ3v) is 7.27. The van der Waals surface area contributed by atoms with Gasteiger partial charge in [-0.1, -0.05) is 18.2 Å². The second kappa shape index (κ2) is 12.7. The fraction of sp³-hybridized carbons (Fsp3) is 0.444. The van der Waals surface area contributed by atoms with Gasteiger partial charge < -0.3 is 14.8 Å². The second-order valence-electron chi connectivity index (χ2n) is 8.90. The van der Waals surface area contributed by atoms with Gasteiger partial charge in [-0.2, -0.15) is 16.9 Å². The Labute approximate surface area is 211 Å². The van der Waals surface area contributed by atoms with Crippen LogP contribution in [0.4, 0.5) is 5.69 Å². The Kier molecular flexibility index (Phi) is 9.20. The number of methoxy groups -OCH3 is 1. The molecule has 0 spiro atoms. The number of thioether (sulfide) groups is 1. The van der Waals surface area contributed by atoms with Crippen molar-refractivity contribution < 1.29 is 19.1 Å². The first-order valence-corrected chi connectivity index (χ1v) is 13.3. The van der Waals surface area contributed by atoms with E-state index in [2.05, 4.69) is 27.6 Å². The molecular weight excluding hydrogens is 462 g/mol. The summed E-state index contributed by atoms with van der Waals surface area (Å²) in [6, 6.07) is 13.6. The molecule has 1 saturated heterocycles. The van der Waals surface area contributed by atoms with E-state index in [1.165, 1.54) is 11.1 Å². The van der Waals surface area contributed by atoms with E-state index in [-0.39, 0.29) is 17.8 Å². The van der Waals surface area contributed by atoms with Gasteiger partial charge >= 0.3 is 5.97 Å². The molecule has 1 aliphatic carbocycles. The van der Waals surface area contributed by atoms with Crippen molar-refractivity contribution in [3.63, 3.8) is 0 Å². The lowest BCUT2D eigenvalue weighted by Gasteiger charge is -2.24. The molecule has 1 heterocycles. The fourth-order valence-corrected chi connectivity index (χ4v) is 5.24. The Morgan fingerprint density at radius 1 is 1.11 bits per heavy atom. The van der Waals surface area contributed by atoms with E-state index in [1.807, 2.05) is 48.3 Å². The van der Waals surface area contributed by atoms with Gasteiger partial charge in [0.05, 0.1) is 12.8 Å². The van der Waals surface area contributed by atoms with Crippen LogP contribution in [-0.4, -0.2) is 68.0 Å². The first-order chi connectivity index (χ1) is 17.1. The zero-order valence-electron chi connectivity index (χ0n) is 20.2. The molecule has 186 valence electrons. The topological polar surface area (TPSA) is 80.2 Å². The number of nitrogens with one attached hydrogen (secondary N) is 1. The number of esters is 1. The zero-order valence-corrected chi connectivity index (χ0v) is 21.0. The highest BCUT2D eigenvalue weighted by Crippen LogP contribution is 2.30. The number of rotatable bonds is 9. The molecule has 1 N–H and O–H groups in total. The van der Waals surface area contributed by atoms with Crippen molar-refractivity contribution in [2.24, 2.45) is 11.0 Å². The molecule has 0 bridgehead atoms. The lowest BCUT2D eigenvalue weighted by atomic mass is 9.82. The molecule has 2 aliphatic rings. The third-order valence-electron chi connectivity index (χ3n) is 6.33. The first kappa shape index (κ1) is 25.3. The van der Waals surface area contributed by atoms with Crippen LogP contribution in [0.3, 0.4) is 0 Å². The van der Waals surface area contributed by atoms with Crippen molar-refractivity contribution in [2.45, 2.75) is 25.7 Å². The van der Waals surface area contributed by atoms with Crippen LogP contribution in [0.25, 0.3) is 0 Å². The number of nitrogens with zero attached hydrogens (tertiary/aromatic N) is 2. The van der Waals surface area contributed by atoms with Crippen molar-refractivity contribution in [3.8, 4) is 0 Å². The SMILES string of the molecule is COCCOC(=O)CC1CCc2cc(NC(=O)c3ccc(/C=N/N4CCSCC4)cc3)ccc2C1. The molecule has 35 heavy (non-hydrogen) atoms. The molecule has 0 saturated carbocycles. The highest BCUT2D eigenvalue weighted by Gasteiger charge is 2.22. The molecule has 1 unspecified atom stereocenters. The largest absolute Gasteiger partial charge is 0.463 e. The summed E-state index contributed by atoms with van der Waals surface area (Å²) < 4.78 is 10.1. The Morgan fingerprint density at radius 3 is 2.69 bits per heavy atom. The van der Waals surface area contributed by atoms with Crippen LogP contribution in [0.15, 0.2) is 47.6 Å². The summed E-state index contributed by atoms with van der Waals surface area (Å²) >= 11 is 1.96. The van der Waals surface area contributed by atoms with Crippen LogP contribution in [0.1, 0.15) is 39.9 Å². The molecule has 1 aliphatic heterocycles. The van der Waals surface area contributed by atoms with Crippen molar-refractivity contribution in [2.75, 3.05) is 50.2 Å². The Hall–Kier alpha value is -2.84. The molecular formula is C27H33N3O4S. The van der Waals surface area contributed by atoms with Crippen molar-refractivity contribution in [1.82, 2.24) is 5.01 Å². The molecule has 1 fully saturated rings. The maximum absolute atomic E-state index is 12.8. The first-order valence-electron chi connectivity index (χ1n) is 12.1. The predicted molar refractivity (Wildman–Crippen MR) is 140 cm³/mol. The number of amides is 1. The molecule has 7 nitrogen and oxygen atoms in total. The lowest BCUT2D eigenvalue weighted by Crippen LogP contribution is -2.27. The quantitative estimate of drug-likeness (QED) is 0.322. The van der Waals surface area contributed by atoms with Crippen molar-refractivity contribution in [3.05, 3.63) is 64.7 Å². The van der Waals surface area contributed by atoms with E-state index in [0.717, 1.165) is 55.1 Å². The maximum atomic E-state index is 12.8. The van der Waals surface area contributed by atoms with Gasteiger partial charge in [-0.25, -0.2) is 0 Å². The van der Waals surface area contributed by atoms with Crippen molar-refractivity contribution in [1.29, 1.82) is 0 Å². The minimum absolute atomic E-state index is 0.131. The molecule has 2 aromatic rings. The number of aryl methyl sites for hydroxylation is 1. The van der Waals surface area contributed by atoms with Gasteiger partial charge in [-0.15, -0.1) is 0 Å². The number of hydrogen-bond acceptors (Lipinski definition) is 7. The maximum Gasteiger partial charge on any atom is 0.306 e. The number of anilines is 1. The van der Waals surface area contributed by atoms with Gasteiger partial charge in [0, 0.05) is 49.4 Å². The van der Waals surface area contributed by atoms with Crippen LogP contribution in [0.5, 0.6) is 0 Å². The number of fused-ring (bicyclic) bond motifs is 1. The average molecular weight is 496 g/mol. The monoisotopic (exact) mass is 495 g/mol. The van der Waals surface area contributed by atoms with Gasteiger partial charge in [-0.05, 0) is 66.1 Å². The van der Waals surface area contributed by atoms with E-state index in [9.17, 15) is 9.59 Å². The summed E-state index contributed by atoms with van der Waals surface area (Å²) in [4.78, 5) is 24.8. The number of ether oxygens (including phenoxy) is 2. The van der Waals surface area contributed by atoms with Gasteiger partial charge in [0.15, 0.2) is 0 Å². The van der Waals surface area contributed by atoms with Crippen LogP contribution in [0.2, 0.25) is 0 Å². The minimum Gasteiger partial charge on any atom is -0.463 e. The summed E-state index contributed by atoms with van der Waals surface area (Å²) in [5.74, 6) is 2.22.